The van der Waals surface area contributed by atoms with Gasteiger partial charge in [-0.2, -0.15) is 0 Å². The van der Waals surface area contributed by atoms with Gasteiger partial charge in [0.25, 0.3) is 0 Å². The van der Waals surface area contributed by atoms with Crippen molar-refractivity contribution < 1.29 is 14.7 Å². The fourth-order valence-electron chi connectivity index (χ4n) is 2.48. The number of aromatic hydroxyl groups is 1. The Balaban J connectivity index is 1.72. The molecular weight excluding hydrogens is 296 g/mol. The van der Waals surface area contributed by atoms with Gasteiger partial charge in [-0.05, 0) is 31.2 Å². The summed E-state index contributed by atoms with van der Waals surface area (Å²) in [7, 11) is 0. The molecule has 2 N–H and O–H groups in total. The number of pyridine rings is 2. The van der Waals surface area contributed by atoms with E-state index in [4.69, 9.17) is 0 Å². The quantitative estimate of drug-likeness (QED) is 0.895. The van der Waals surface area contributed by atoms with Crippen LogP contribution in [0.2, 0.25) is 0 Å². The third-order valence-electron chi connectivity index (χ3n) is 3.68. The maximum absolute atomic E-state index is 12.3. The average Bonchev–Trinajstić information content (AvgIpc) is 2.94. The van der Waals surface area contributed by atoms with Crippen LogP contribution in [0.3, 0.4) is 0 Å². The molecule has 1 saturated heterocycles. The molecule has 1 aliphatic heterocycles. The van der Waals surface area contributed by atoms with E-state index in [1.54, 1.807) is 37.4 Å². The summed E-state index contributed by atoms with van der Waals surface area (Å²) in [5.41, 5.74) is 0.677. The molecule has 0 saturated carbocycles. The Hall–Kier alpha value is -2.96. The molecule has 0 aliphatic carbocycles. The number of anilines is 2. The highest BCUT2D eigenvalue weighted by Gasteiger charge is 2.36. The number of aromatic nitrogens is 2. The molecule has 1 fully saturated rings. The summed E-state index contributed by atoms with van der Waals surface area (Å²) in [6.07, 6.45) is 1.71. The highest BCUT2D eigenvalue weighted by atomic mass is 16.3. The highest BCUT2D eigenvalue weighted by molar-refractivity contribution is 6.03. The van der Waals surface area contributed by atoms with E-state index in [1.165, 1.54) is 11.0 Å². The van der Waals surface area contributed by atoms with Gasteiger partial charge >= 0.3 is 0 Å². The van der Waals surface area contributed by atoms with Crippen molar-refractivity contribution in [3.05, 3.63) is 42.2 Å². The summed E-state index contributed by atoms with van der Waals surface area (Å²) >= 11 is 0. The Kier molecular flexibility index (Phi) is 3.92. The Morgan fingerprint density at radius 2 is 2.17 bits per heavy atom. The summed E-state index contributed by atoms with van der Waals surface area (Å²) < 4.78 is 0. The van der Waals surface area contributed by atoms with Gasteiger partial charge in [-0.25, -0.2) is 9.97 Å². The van der Waals surface area contributed by atoms with Crippen LogP contribution in [-0.2, 0) is 9.59 Å². The molecule has 3 heterocycles. The number of nitrogens with one attached hydrogen (secondary N) is 1. The third-order valence-corrected chi connectivity index (χ3v) is 3.68. The molecule has 2 aromatic rings. The van der Waals surface area contributed by atoms with Crippen molar-refractivity contribution in [1.29, 1.82) is 0 Å². The Morgan fingerprint density at radius 1 is 1.35 bits per heavy atom. The van der Waals surface area contributed by atoms with Gasteiger partial charge in [0.05, 0.1) is 5.92 Å². The van der Waals surface area contributed by atoms with Gasteiger partial charge in [0.1, 0.15) is 5.82 Å². The molecule has 1 aliphatic rings. The van der Waals surface area contributed by atoms with E-state index in [9.17, 15) is 14.7 Å². The first-order valence-corrected chi connectivity index (χ1v) is 7.23. The SMILES string of the molecule is Cc1ccc(O)c(NC(=O)C2CC(=O)N(c3ccccn3)C2)n1. The van der Waals surface area contributed by atoms with E-state index in [1.807, 2.05) is 0 Å². The predicted octanol–water partition coefficient (Wildman–Crippen LogP) is 1.48. The van der Waals surface area contributed by atoms with Crippen molar-refractivity contribution in [2.45, 2.75) is 13.3 Å². The van der Waals surface area contributed by atoms with E-state index in [-0.39, 0.29) is 36.3 Å². The summed E-state index contributed by atoms with van der Waals surface area (Å²) in [6.45, 7) is 2.02. The summed E-state index contributed by atoms with van der Waals surface area (Å²) in [4.78, 5) is 34.2. The molecule has 2 amide bonds. The van der Waals surface area contributed by atoms with Crippen molar-refractivity contribution in [3.8, 4) is 5.75 Å². The number of nitrogens with zero attached hydrogens (tertiary/aromatic N) is 3. The smallest absolute Gasteiger partial charge is 0.231 e. The lowest BCUT2D eigenvalue weighted by molar-refractivity contribution is -0.122. The third kappa shape index (κ3) is 3.13. The molecule has 7 nitrogen and oxygen atoms in total. The van der Waals surface area contributed by atoms with Crippen molar-refractivity contribution >= 4 is 23.5 Å². The number of hydrogen-bond acceptors (Lipinski definition) is 5. The zero-order chi connectivity index (χ0) is 16.4. The molecule has 1 atom stereocenters. The van der Waals surface area contributed by atoms with Gasteiger partial charge < -0.3 is 10.4 Å². The molecule has 0 spiro atoms. The molecular formula is C16H16N4O3. The average molecular weight is 312 g/mol. The lowest BCUT2D eigenvalue weighted by Crippen LogP contribution is -2.28. The summed E-state index contributed by atoms with van der Waals surface area (Å²) in [6, 6.07) is 8.40. The zero-order valence-corrected chi connectivity index (χ0v) is 12.6. The van der Waals surface area contributed by atoms with Crippen LogP contribution in [-0.4, -0.2) is 33.4 Å². The standard InChI is InChI=1S/C16H16N4O3/c1-10-5-6-12(21)15(18-10)19-16(23)11-8-14(22)20(9-11)13-4-2-3-7-17-13/h2-7,11,21H,8-9H2,1H3,(H,18,19,23). The fourth-order valence-corrected chi connectivity index (χ4v) is 2.48. The monoisotopic (exact) mass is 312 g/mol. The number of amides is 2. The number of carbonyl (C=O) groups excluding carboxylic acids is 2. The van der Waals surface area contributed by atoms with Gasteiger partial charge in [0.15, 0.2) is 11.6 Å². The second-order valence-electron chi connectivity index (χ2n) is 5.40. The molecule has 3 rings (SSSR count). The topological polar surface area (TPSA) is 95.4 Å². The van der Waals surface area contributed by atoms with E-state index in [0.29, 0.717) is 11.5 Å². The molecule has 118 valence electrons. The largest absolute Gasteiger partial charge is 0.504 e. The molecule has 1 unspecified atom stereocenters. The van der Waals surface area contributed by atoms with Gasteiger partial charge in [0.2, 0.25) is 11.8 Å². The van der Waals surface area contributed by atoms with Crippen molar-refractivity contribution in [2.75, 3.05) is 16.8 Å². The maximum atomic E-state index is 12.3. The van der Waals surface area contributed by atoms with E-state index >= 15 is 0 Å². The van der Waals surface area contributed by atoms with E-state index in [0.717, 1.165) is 0 Å². The molecule has 0 bridgehead atoms. The Morgan fingerprint density at radius 3 is 2.91 bits per heavy atom. The fraction of sp³-hybridized carbons (Fsp3) is 0.250. The van der Waals surface area contributed by atoms with Crippen LogP contribution in [0.5, 0.6) is 5.75 Å². The summed E-state index contributed by atoms with van der Waals surface area (Å²) in [5.74, 6) is -0.459. The molecule has 7 heteroatoms. The van der Waals surface area contributed by atoms with Crippen LogP contribution < -0.4 is 10.2 Å². The van der Waals surface area contributed by atoms with Crippen LogP contribution in [0.25, 0.3) is 0 Å². The van der Waals surface area contributed by atoms with Crippen LogP contribution >= 0.6 is 0 Å². The lowest BCUT2D eigenvalue weighted by atomic mass is 10.1. The van der Waals surface area contributed by atoms with Crippen molar-refractivity contribution in [2.24, 2.45) is 5.92 Å². The van der Waals surface area contributed by atoms with Crippen LogP contribution in [0, 0.1) is 12.8 Å². The van der Waals surface area contributed by atoms with Crippen LogP contribution in [0.4, 0.5) is 11.6 Å². The van der Waals surface area contributed by atoms with Gasteiger partial charge in [0, 0.05) is 24.9 Å². The van der Waals surface area contributed by atoms with Crippen molar-refractivity contribution in [1.82, 2.24) is 9.97 Å². The number of carbonyl (C=O) groups is 2. The normalized spacial score (nSPS) is 17.3. The van der Waals surface area contributed by atoms with Gasteiger partial charge in [-0.3, -0.25) is 14.5 Å². The minimum Gasteiger partial charge on any atom is -0.504 e. The lowest BCUT2D eigenvalue weighted by Gasteiger charge is -2.15. The van der Waals surface area contributed by atoms with Crippen LogP contribution in [0.1, 0.15) is 12.1 Å². The molecule has 23 heavy (non-hydrogen) atoms. The first kappa shape index (κ1) is 15.0. The summed E-state index contributed by atoms with van der Waals surface area (Å²) in [5, 5.41) is 12.3. The molecule has 2 aromatic heterocycles. The van der Waals surface area contributed by atoms with Crippen molar-refractivity contribution in [3.63, 3.8) is 0 Å². The predicted molar refractivity (Wildman–Crippen MR) is 84.0 cm³/mol. The molecule has 0 aromatic carbocycles. The first-order valence-electron chi connectivity index (χ1n) is 7.23. The Bertz CT molecular complexity index is 748. The number of hydrogen-bond donors (Lipinski definition) is 2. The number of rotatable bonds is 3. The minimum atomic E-state index is -0.508. The zero-order valence-electron chi connectivity index (χ0n) is 12.6. The van der Waals surface area contributed by atoms with Gasteiger partial charge in [-0.1, -0.05) is 6.07 Å². The molecule has 0 radical (unpaired) electrons. The van der Waals surface area contributed by atoms with Gasteiger partial charge in [-0.15, -0.1) is 0 Å². The van der Waals surface area contributed by atoms with Crippen LogP contribution in [0.15, 0.2) is 36.5 Å². The highest BCUT2D eigenvalue weighted by Crippen LogP contribution is 2.26. The van der Waals surface area contributed by atoms with E-state index < -0.39 is 5.92 Å². The van der Waals surface area contributed by atoms with E-state index in [2.05, 4.69) is 15.3 Å². The minimum absolute atomic E-state index is 0.102. The second kappa shape index (κ2) is 6.04. The first-order chi connectivity index (χ1) is 11.0. The number of aryl methyl sites for hydroxylation is 1. The maximum Gasteiger partial charge on any atom is 0.231 e. The Labute approximate surface area is 133 Å². The second-order valence-corrected chi connectivity index (χ2v) is 5.40.